The van der Waals surface area contributed by atoms with Crippen molar-refractivity contribution in [3.05, 3.63) is 53.1 Å². The maximum Gasteiger partial charge on any atom is 0.289 e. The molecule has 1 N–H and O–H groups in total. The molecule has 2 aromatic rings. The Morgan fingerprint density at radius 3 is 2.78 bits per heavy atom. The Labute approximate surface area is 146 Å². The normalized spacial score (nSPS) is 16.4. The topological polar surface area (TPSA) is 29.1 Å². The first-order chi connectivity index (χ1) is 11.0. The Kier molecular flexibility index (Phi) is 5.14. The van der Waals surface area contributed by atoms with E-state index >= 15 is 0 Å². The van der Waals surface area contributed by atoms with Gasteiger partial charge in [-0.2, -0.15) is 8.78 Å². The van der Waals surface area contributed by atoms with Crippen LogP contribution in [-0.4, -0.2) is 16.9 Å². The summed E-state index contributed by atoms with van der Waals surface area (Å²) in [5.74, 6) is -2.81. The van der Waals surface area contributed by atoms with Crippen LogP contribution in [0.1, 0.15) is 5.56 Å². The fourth-order valence-corrected chi connectivity index (χ4v) is 4.47. The Bertz CT molecular complexity index is 717. The average molecular weight is 372 g/mol. The van der Waals surface area contributed by atoms with E-state index in [0.717, 1.165) is 10.5 Å². The first-order valence-electron chi connectivity index (χ1n) is 6.83. The molecule has 1 unspecified atom stereocenters. The molecule has 2 nitrogen and oxygen atoms in total. The summed E-state index contributed by atoms with van der Waals surface area (Å²) in [5.41, 5.74) is 1.45. The number of halogens is 3. The summed E-state index contributed by atoms with van der Waals surface area (Å²) in [4.78, 5) is 13.7. The number of carbonyl (C=O) groups is 1. The first-order valence-corrected chi connectivity index (χ1v) is 8.97. The molecule has 0 radical (unpaired) electrons. The van der Waals surface area contributed by atoms with Gasteiger partial charge in [0.2, 0.25) is 5.91 Å². The molecule has 1 aliphatic heterocycles. The lowest BCUT2D eigenvalue weighted by Gasteiger charge is -2.14. The number of alkyl halides is 2. The van der Waals surface area contributed by atoms with Gasteiger partial charge in [0.25, 0.3) is 5.76 Å². The number of nitrogens with one attached hydrogen (secondary N) is 1. The second kappa shape index (κ2) is 7.11. The molecule has 0 saturated heterocycles. The summed E-state index contributed by atoms with van der Waals surface area (Å²) in [6.45, 7) is 0. The van der Waals surface area contributed by atoms with Crippen molar-refractivity contribution in [2.24, 2.45) is 0 Å². The molecule has 1 atom stereocenters. The number of amides is 1. The Morgan fingerprint density at radius 2 is 2.04 bits per heavy atom. The van der Waals surface area contributed by atoms with Gasteiger partial charge in [-0.15, -0.1) is 11.8 Å². The Morgan fingerprint density at radius 1 is 1.26 bits per heavy atom. The predicted octanol–water partition coefficient (Wildman–Crippen LogP) is 5.31. The van der Waals surface area contributed by atoms with Crippen LogP contribution in [-0.2, 0) is 11.2 Å². The summed E-state index contributed by atoms with van der Waals surface area (Å²) in [6.07, 6.45) is 0.630. The van der Waals surface area contributed by atoms with Crippen molar-refractivity contribution >= 4 is 46.7 Å². The zero-order valence-electron chi connectivity index (χ0n) is 11.8. The molecular weight excluding hydrogens is 360 g/mol. The third kappa shape index (κ3) is 3.82. The van der Waals surface area contributed by atoms with E-state index in [-0.39, 0.29) is 21.1 Å². The minimum atomic E-state index is -2.60. The molecule has 23 heavy (non-hydrogen) atoms. The van der Waals surface area contributed by atoms with Gasteiger partial charge in [0.15, 0.2) is 0 Å². The zero-order chi connectivity index (χ0) is 16.4. The highest BCUT2D eigenvalue weighted by atomic mass is 35.5. The summed E-state index contributed by atoms with van der Waals surface area (Å²) in [7, 11) is 0. The molecule has 1 aliphatic rings. The van der Waals surface area contributed by atoms with Gasteiger partial charge in [0.1, 0.15) is 0 Å². The predicted molar refractivity (Wildman–Crippen MR) is 91.7 cm³/mol. The number of hydrogen-bond acceptors (Lipinski definition) is 3. The van der Waals surface area contributed by atoms with Crippen LogP contribution < -0.4 is 5.32 Å². The lowest BCUT2D eigenvalue weighted by Crippen LogP contribution is -2.25. The Hall–Kier alpha value is -1.24. The highest BCUT2D eigenvalue weighted by molar-refractivity contribution is 8.01. The molecule has 0 aromatic heterocycles. The van der Waals surface area contributed by atoms with Gasteiger partial charge < -0.3 is 5.32 Å². The van der Waals surface area contributed by atoms with Crippen molar-refractivity contribution in [3.8, 4) is 0 Å². The van der Waals surface area contributed by atoms with E-state index in [9.17, 15) is 13.6 Å². The minimum absolute atomic E-state index is 0.193. The van der Waals surface area contributed by atoms with Gasteiger partial charge in [-0.05, 0) is 30.2 Å². The summed E-state index contributed by atoms with van der Waals surface area (Å²) in [6, 6.07) is 12.6. The van der Waals surface area contributed by atoms with Gasteiger partial charge in [-0.3, -0.25) is 4.79 Å². The van der Waals surface area contributed by atoms with E-state index in [1.807, 2.05) is 24.3 Å². The molecule has 0 aliphatic carbocycles. The SMILES string of the molecule is O=C(Nc1cccc(Cl)c1SC(F)F)C1Cc2ccccc2S1. The van der Waals surface area contributed by atoms with Crippen molar-refractivity contribution in [2.45, 2.75) is 27.2 Å². The first kappa shape index (κ1) is 16.6. The van der Waals surface area contributed by atoms with Crippen molar-refractivity contribution in [1.29, 1.82) is 0 Å². The standard InChI is InChI=1S/C16H12ClF2NOS2/c17-10-5-3-6-11(14(10)23-16(18)19)20-15(21)13-8-9-4-1-2-7-12(9)22-13/h1-7,13,16H,8H2,(H,20,21). The maximum atomic E-state index is 12.7. The molecule has 0 saturated carbocycles. The molecular formula is C16H12ClF2NOS2. The number of rotatable bonds is 4. The van der Waals surface area contributed by atoms with Crippen molar-refractivity contribution in [3.63, 3.8) is 0 Å². The lowest BCUT2D eigenvalue weighted by molar-refractivity contribution is -0.115. The number of fused-ring (bicyclic) bond motifs is 1. The van der Waals surface area contributed by atoms with Crippen LogP contribution in [0.4, 0.5) is 14.5 Å². The second-order valence-corrected chi connectivity index (χ2v) is 7.55. The van der Waals surface area contributed by atoms with Gasteiger partial charge in [-0.25, -0.2) is 0 Å². The molecule has 0 spiro atoms. The zero-order valence-corrected chi connectivity index (χ0v) is 14.2. The summed E-state index contributed by atoms with van der Waals surface area (Å²) >= 11 is 7.80. The number of hydrogen-bond donors (Lipinski definition) is 1. The van der Waals surface area contributed by atoms with E-state index in [0.29, 0.717) is 23.9 Å². The number of thioether (sulfide) groups is 2. The number of carbonyl (C=O) groups excluding carboxylic acids is 1. The Balaban J connectivity index is 1.76. The number of anilines is 1. The smallest absolute Gasteiger partial charge is 0.289 e. The summed E-state index contributed by atoms with van der Waals surface area (Å²) < 4.78 is 25.4. The number of benzene rings is 2. The fraction of sp³-hybridized carbons (Fsp3) is 0.188. The van der Waals surface area contributed by atoms with E-state index in [4.69, 9.17) is 11.6 Å². The third-order valence-electron chi connectivity index (χ3n) is 3.37. The van der Waals surface area contributed by atoms with Gasteiger partial charge in [-0.1, -0.05) is 47.6 Å². The van der Waals surface area contributed by atoms with Gasteiger partial charge >= 0.3 is 0 Å². The molecule has 1 amide bonds. The molecule has 120 valence electrons. The van der Waals surface area contributed by atoms with Crippen LogP contribution in [0, 0.1) is 0 Å². The lowest BCUT2D eigenvalue weighted by atomic mass is 10.1. The summed E-state index contributed by atoms with van der Waals surface area (Å²) in [5, 5.41) is 2.67. The minimum Gasteiger partial charge on any atom is -0.324 e. The van der Waals surface area contributed by atoms with E-state index < -0.39 is 5.76 Å². The monoisotopic (exact) mass is 371 g/mol. The molecule has 7 heteroatoms. The molecule has 0 fully saturated rings. The van der Waals surface area contributed by atoms with Gasteiger partial charge in [0.05, 0.1) is 20.9 Å². The maximum absolute atomic E-state index is 12.7. The van der Waals surface area contributed by atoms with E-state index in [1.165, 1.54) is 17.8 Å². The largest absolute Gasteiger partial charge is 0.324 e. The highest BCUT2D eigenvalue weighted by Gasteiger charge is 2.28. The van der Waals surface area contributed by atoms with Crippen LogP contribution in [0.2, 0.25) is 5.02 Å². The average Bonchev–Trinajstić information content (AvgIpc) is 2.94. The van der Waals surface area contributed by atoms with Crippen molar-refractivity contribution < 1.29 is 13.6 Å². The van der Waals surface area contributed by atoms with E-state index in [1.54, 1.807) is 12.1 Å². The molecule has 0 bridgehead atoms. The van der Waals surface area contributed by atoms with Crippen molar-refractivity contribution in [2.75, 3.05) is 5.32 Å². The molecule has 3 rings (SSSR count). The van der Waals surface area contributed by atoms with Crippen molar-refractivity contribution in [1.82, 2.24) is 0 Å². The van der Waals surface area contributed by atoms with Crippen LogP contribution in [0.25, 0.3) is 0 Å². The van der Waals surface area contributed by atoms with E-state index in [2.05, 4.69) is 5.32 Å². The molecule has 1 heterocycles. The van der Waals surface area contributed by atoms with Crippen LogP contribution in [0.15, 0.2) is 52.3 Å². The van der Waals surface area contributed by atoms with Crippen LogP contribution in [0.3, 0.4) is 0 Å². The fourth-order valence-electron chi connectivity index (χ4n) is 2.36. The molecule has 2 aromatic carbocycles. The quantitative estimate of drug-likeness (QED) is 0.738. The van der Waals surface area contributed by atoms with Crippen LogP contribution >= 0.6 is 35.1 Å². The van der Waals surface area contributed by atoms with Gasteiger partial charge in [0, 0.05) is 4.90 Å². The third-order valence-corrected chi connectivity index (χ3v) is 5.97. The second-order valence-electron chi connectivity index (χ2n) is 4.90. The highest BCUT2D eigenvalue weighted by Crippen LogP contribution is 2.40. The van der Waals surface area contributed by atoms with Crippen LogP contribution in [0.5, 0.6) is 0 Å².